The molecule has 1 aromatic carbocycles. The van der Waals surface area contributed by atoms with Gasteiger partial charge in [0, 0.05) is 18.2 Å². The Morgan fingerprint density at radius 3 is 2.50 bits per heavy atom. The van der Waals surface area contributed by atoms with Crippen LogP contribution in [0.25, 0.3) is 0 Å². The molecule has 0 aromatic heterocycles. The van der Waals surface area contributed by atoms with E-state index in [0.29, 0.717) is 23.4 Å². The van der Waals surface area contributed by atoms with Gasteiger partial charge in [-0.2, -0.15) is 0 Å². The largest absolute Gasteiger partial charge is 0.396 e. The summed E-state index contributed by atoms with van der Waals surface area (Å²) in [5.41, 5.74) is -0.314. The highest BCUT2D eigenvalue weighted by Crippen LogP contribution is 2.33. The lowest BCUT2D eigenvalue weighted by Crippen LogP contribution is -2.43. The van der Waals surface area contributed by atoms with E-state index in [4.69, 9.17) is 16.7 Å². The summed E-state index contributed by atoms with van der Waals surface area (Å²) in [4.78, 5) is 25.7. The molecule has 2 N–H and O–H groups in total. The Labute approximate surface area is 122 Å². The van der Waals surface area contributed by atoms with Crippen molar-refractivity contribution < 1.29 is 14.7 Å². The predicted molar refractivity (Wildman–Crippen MR) is 75.4 cm³/mol. The third-order valence-corrected chi connectivity index (χ3v) is 3.83. The number of carbonyl (C=O) groups is 2. The number of nitrogens with zero attached hydrogens (tertiary/aromatic N) is 1. The number of nitrogens with one attached hydrogen (secondary N) is 1. The van der Waals surface area contributed by atoms with Gasteiger partial charge in [0.25, 0.3) is 5.91 Å². The Kier molecular flexibility index (Phi) is 4.30. The molecule has 1 saturated heterocycles. The van der Waals surface area contributed by atoms with E-state index < -0.39 is 11.6 Å². The van der Waals surface area contributed by atoms with Gasteiger partial charge in [0.2, 0.25) is 0 Å². The second kappa shape index (κ2) is 5.81. The van der Waals surface area contributed by atoms with Gasteiger partial charge in [0.05, 0.1) is 0 Å². The molecular formula is C14H17ClN2O3. The lowest BCUT2D eigenvalue weighted by molar-refractivity contribution is -0.131. The summed E-state index contributed by atoms with van der Waals surface area (Å²) in [5.74, 6) is -0.277. The first-order valence-corrected chi connectivity index (χ1v) is 6.94. The van der Waals surface area contributed by atoms with Crippen molar-refractivity contribution in [2.45, 2.75) is 25.3 Å². The fraction of sp³-hybridized carbons (Fsp3) is 0.429. The van der Waals surface area contributed by atoms with Crippen LogP contribution in [0.4, 0.5) is 4.79 Å². The highest BCUT2D eigenvalue weighted by atomic mass is 35.5. The zero-order valence-electron chi connectivity index (χ0n) is 11.2. The summed E-state index contributed by atoms with van der Waals surface area (Å²) in [5, 5.41) is 12.2. The normalized spacial score (nSPS) is 22.2. The van der Waals surface area contributed by atoms with Crippen LogP contribution < -0.4 is 5.32 Å². The maximum atomic E-state index is 12.6. The summed E-state index contributed by atoms with van der Waals surface area (Å²) in [6, 6.07) is 6.48. The van der Waals surface area contributed by atoms with Crippen molar-refractivity contribution in [3.05, 3.63) is 34.9 Å². The van der Waals surface area contributed by atoms with E-state index in [-0.39, 0.29) is 19.1 Å². The van der Waals surface area contributed by atoms with E-state index >= 15 is 0 Å². The monoisotopic (exact) mass is 296 g/mol. The van der Waals surface area contributed by atoms with Gasteiger partial charge in [-0.3, -0.25) is 9.69 Å². The Bertz CT molecular complexity index is 518. The lowest BCUT2D eigenvalue weighted by atomic mass is 9.87. The number of hydrogen-bond donors (Lipinski definition) is 2. The van der Waals surface area contributed by atoms with Crippen LogP contribution in [0.1, 0.15) is 25.3 Å². The number of imide groups is 1. The van der Waals surface area contributed by atoms with E-state index in [1.54, 1.807) is 24.3 Å². The molecule has 1 unspecified atom stereocenters. The fourth-order valence-electron chi connectivity index (χ4n) is 2.43. The molecule has 0 saturated carbocycles. The minimum Gasteiger partial charge on any atom is -0.396 e. The third kappa shape index (κ3) is 2.39. The van der Waals surface area contributed by atoms with Crippen LogP contribution in [0.15, 0.2) is 24.3 Å². The standard InChI is InChI=1S/C14H17ClN2O3/c1-2-14(10-4-6-11(15)7-5-10)12(19)17(8-3-9-18)13(20)16-14/h4-7,18H,2-3,8-9H2,1H3,(H,16,20). The molecule has 0 spiro atoms. The summed E-state index contributed by atoms with van der Waals surface area (Å²) in [6.07, 6.45) is 0.828. The number of hydrogen-bond acceptors (Lipinski definition) is 3. The van der Waals surface area contributed by atoms with Crippen molar-refractivity contribution >= 4 is 23.5 Å². The van der Waals surface area contributed by atoms with Crippen molar-refractivity contribution in [2.24, 2.45) is 0 Å². The molecule has 1 aliphatic heterocycles. The van der Waals surface area contributed by atoms with Gasteiger partial charge in [-0.05, 0) is 30.5 Å². The summed E-state index contributed by atoms with van der Waals surface area (Å²) in [7, 11) is 0. The van der Waals surface area contributed by atoms with Crippen LogP contribution in [0.5, 0.6) is 0 Å². The summed E-state index contributed by atoms with van der Waals surface area (Å²) < 4.78 is 0. The number of benzene rings is 1. The average Bonchev–Trinajstić information content (AvgIpc) is 2.69. The molecule has 1 aliphatic rings. The Morgan fingerprint density at radius 1 is 1.30 bits per heavy atom. The molecule has 0 bridgehead atoms. The number of urea groups is 1. The van der Waals surface area contributed by atoms with Gasteiger partial charge < -0.3 is 10.4 Å². The van der Waals surface area contributed by atoms with Crippen LogP contribution in [0, 0.1) is 0 Å². The number of aliphatic hydroxyl groups is 1. The van der Waals surface area contributed by atoms with Crippen molar-refractivity contribution in [2.75, 3.05) is 13.2 Å². The van der Waals surface area contributed by atoms with Crippen molar-refractivity contribution in [1.29, 1.82) is 0 Å². The SMILES string of the molecule is CCC1(c2ccc(Cl)cc2)NC(=O)N(CCCO)C1=O. The summed E-state index contributed by atoms with van der Waals surface area (Å²) in [6.45, 7) is 2.01. The van der Waals surface area contributed by atoms with E-state index in [0.717, 1.165) is 4.90 Å². The first-order chi connectivity index (χ1) is 9.55. The molecule has 1 heterocycles. The topological polar surface area (TPSA) is 69.6 Å². The van der Waals surface area contributed by atoms with E-state index in [2.05, 4.69) is 5.32 Å². The van der Waals surface area contributed by atoms with Gasteiger partial charge >= 0.3 is 6.03 Å². The lowest BCUT2D eigenvalue weighted by Gasteiger charge is -2.25. The van der Waals surface area contributed by atoms with E-state index in [1.165, 1.54) is 0 Å². The van der Waals surface area contributed by atoms with Crippen molar-refractivity contribution in [3.63, 3.8) is 0 Å². The first kappa shape index (κ1) is 14.8. The Balaban J connectivity index is 2.34. The first-order valence-electron chi connectivity index (χ1n) is 6.56. The molecule has 20 heavy (non-hydrogen) atoms. The van der Waals surface area contributed by atoms with Gasteiger partial charge in [0.1, 0.15) is 5.54 Å². The molecule has 108 valence electrons. The van der Waals surface area contributed by atoms with Crippen LogP contribution in [-0.4, -0.2) is 35.1 Å². The number of amides is 3. The molecule has 0 aliphatic carbocycles. The van der Waals surface area contributed by atoms with E-state index in [1.807, 2.05) is 6.92 Å². The van der Waals surface area contributed by atoms with Crippen LogP contribution in [-0.2, 0) is 10.3 Å². The summed E-state index contributed by atoms with van der Waals surface area (Å²) >= 11 is 5.86. The second-order valence-corrected chi connectivity index (χ2v) is 5.17. The molecule has 2 rings (SSSR count). The van der Waals surface area contributed by atoms with Gasteiger partial charge in [-0.15, -0.1) is 0 Å². The highest BCUT2D eigenvalue weighted by Gasteiger charge is 2.50. The highest BCUT2D eigenvalue weighted by molar-refractivity contribution is 6.30. The minimum absolute atomic E-state index is 0.0584. The van der Waals surface area contributed by atoms with Crippen LogP contribution >= 0.6 is 11.6 Å². The Morgan fingerprint density at radius 2 is 1.95 bits per heavy atom. The number of carbonyl (C=O) groups excluding carboxylic acids is 2. The zero-order valence-corrected chi connectivity index (χ0v) is 12.0. The minimum atomic E-state index is -1.03. The zero-order chi connectivity index (χ0) is 14.8. The van der Waals surface area contributed by atoms with Gasteiger partial charge in [-0.25, -0.2) is 4.79 Å². The molecule has 1 atom stereocenters. The molecule has 6 heteroatoms. The molecule has 1 fully saturated rings. The van der Waals surface area contributed by atoms with E-state index in [9.17, 15) is 9.59 Å². The van der Waals surface area contributed by atoms with Gasteiger partial charge in [-0.1, -0.05) is 30.7 Å². The maximum Gasteiger partial charge on any atom is 0.325 e. The van der Waals surface area contributed by atoms with Crippen LogP contribution in [0.3, 0.4) is 0 Å². The number of halogens is 1. The molecule has 3 amide bonds. The van der Waals surface area contributed by atoms with Gasteiger partial charge in [0.15, 0.2) is 0 Å². The smallest absolute Gasteiger partial charge is 0.325 e. The quantitative estimate of drug-likeness (QED) is 0.815. The predicted octanol–water partition coefficient (Wildman–Crippen LogP) is 1.88. The fourth-order valence-corrected chi connectivity index (χ4v) is 2.56. The van der Waals surface area contributed by atoms with Crippen molar-refractivity contribution in [3.8, 4) is 0 Å². The average molecular weight is 297 g/mol. The third-order valence-electron chi connectivity index (χ3n) is 3.58. The molecule has 1 aromatic rings. The van der Waals surface area contributed by atoms with Crippen LogP contribution in [0.2, 0.25) is 5.02 Å². The molecule has 0 radical (unpaired) electrons. The Hall–Kier alpha value is -1.59. The molecule has 5 nitrogen and oxygen atoms in total. The maximum absolute atomic E-state index is 12.6. The molecular weight excluding hydrogens is 280 g/mol. The number of rotatable bonds is 5. The second-order valence-electron chi connectivity index (χ2n) is 4.73. The number of aliphatic hydroxyl groups excluding tert-OH is 1. The van der Waals surface area contributed by atoms with Crippen molar-refractivity contribution in [1.82, 2.24) is 10.2 Å².